The summed E-state index contributed by atoms with van der Waals surface area (Å²) in [5, 5.41) is 7.50. The summed E-state index contributed by atoms with van der Waals surface area (Å²) >= 11 is 0. The van der Waals surface area contributed by atoms with Crippen LogP contribution >= 0.6 is 0 Å². The molecule has 2 aliphatic carbocycles. The van der Waals surface area contributed by atoms with Crippen molar-refractivity contribution < 1.29 is 0 Å². The van der Waals surface area contributed by atoms with Crippen LogP contribution in [0.1, 0.15) is 63.9 Å². The first-order valence-corrected chi connectivity index (χ1v) is 8.51. The van der Waals surface area contributed by atoms with Crippen LogP contribution in [0.25, 0.3) is 0 Å². The van der Waals surface area contributed by atoms with E-state index in [1.165, 1.54) is 68.3 Å². The summed E-state index contributed by atoms with van der Waals surface area (Å²) < 4.78 is 0. The number of nitrogens with one attached hydrogen (secondary N) is 2. The standard InChI is InChI=1S/C18H28N2/c1-2-14-11-12-17(19-15-7-3-4-8-15)13-18(14)20-16-9-5-6-10-16/h11-13,15-16,19-20H,2-10H2,1H3. The number of benzene rings is 1. The predicted molar refractivity (Wildman–Crippen MR) is 87.6 cm³/mol. The molecule has 0 unspecified atom stereocenters. The van der Waals surface area contributed by atoms with E-state index in [1.807, 2.05) is 0 Å². The smallest absolute Gasteiger partial charge is 0.0395 e. The quantitative estimate of drug-likeness (QED) is 0.791. The minimum Gasteiger partial charge on any atom is -0.382 e. The first-order chi connectivity index (χ1) is 9.85. The normalized spacial score (nSPS) is 20.4. The van der Waals surface area contributed by atoms with Crippen LogP contribution in [0, 0.1) is 0 Å². The van der Waals surface area contributed by atoms with Crippen molar-refractivity contribution in [2.24, 2.45) is 0 Å². The van der Waals surface area contributed by atoms with Gasteiger partial charge in [-0.1, -0.05) is 38.7 Å². The van der Waals surface area contributed by atoms with E-state index in [4.69, 9.17) is 0 Å². The van der Waals surface area contributed by atoms with Crippen molar-refractivity contribution in [3.8, 4) is 0 Å². The Morgan fingerprint density at radius 2 is 1.50 bits per heavy atom. The highest BCUT2D eigenvalue weighted by molar-refractivity contribution is 5.62. The number of aryl methyl sites for hydroxylation is 1. The third-order valence-corrected chi connectivity index (χ3v) is 4.93. The zero-order chi connectivity index (χ0) is 13.8. The predicted octanol–water partition coefficient (Wildman–Crippen LogP) is 4.96. The molecule has 1 aromatic rings. The largest absolute Gasteiger partial charge is 0.382 e. The van der Waals surface area contributed by atoms with Crippen molar-refractivity contribution in [1.29, 1.82) is 0 Å². The zero-order valence-electron chi connectivity index (χ0n) is 12.8. The summed E-state index contributed by atoms with van der Waals surface area (Å²) in [6.07, 6.45) is 12.0. The van der Waals surface area contributed by atoms with E-state index in [9.17, 15) is 0 Å². The minimum atomic E-state index is 0.696. The van der Waals surface area contributed by atoms with E-state index in [-0.39, 0.29) is 0 Å². The van der Waals surface area contributed by atoms with Crippen LogP contribution in [0.4, 0.5) is 11.4 Å². The molecule has 0 aliphatic heterocycles. The van der Waals surface area contributed by atoms with Crippen LogP contribution in [0.5, 0.6) is 0 Å². The highest BCUT2D eigenvalue weighted by Crippen LogP contribution is 2.29. The van der Waals surface area contributed by atoms with Crippen LogP contribution < -0.4 is 10.6 Å². The van der Waals surface area contributed by atoms with Gasteiger partial charge in [0.2, 0.25) is 0 Å². The van der Waals surface area contributed by atoms with Crippen molar-refractivity contribution in [3.63, 3.8) is 0 Å². The van der Waals surface area contributed by atoms with E-state index in [1.54, 1.807) is 0 Å². The number of anilines is 2. The Kier molecular flexibility index (Phi) is 4.49. The molecule has 20 heavy (non-hydrogen) atoms. The lowest BCUT2D eigenvalue weighted by Gasteiger charge is -2.20. The average molecular weight is 272 g/mol. The molecule has 0 radical (unpaired) electrons. The maximum Gasteiger partial charge on any atom is 0.0395 e. The van der Waals surface area contributed by atoms with Gasteiger partial charge in [0.05, 0.1) is 0 Å². The Morgan fingerprint density at radius 3 is 2.10 bits per heavy atom. The van der Waals surface area contributed by atoms with Crippen LogP contribution in [0.2, 0.25) is 0 Å². The number of hydrogen-bond donors (Lipinski definition) is 2. The lowest BCUT2D eigenvalue weighted by molar-refractivity contribution is 0.750. The Balaban J connectivity index is 1.71. The van der Waals surface area contributed by atoms with Gasteiger partial charge in [-0.25, -0.2) is 0 Å². The maximum atomic E-state index is 3.79. The molecule has 2 aliphatic rings. The molecule has 0 heterocycles. The van der Waals surface area contributed by atoms with E-state index in [2.05, 4.69) is 35.8 Å². The molecule has 0 spiro atoms. The fourth-order valence-corrected chi connectivity index (χ4v) is 3.70. The van der Waals surface area contributed by atoms with Crippen molar-refractivity contribution >= 4 is 11.4 Å². The molecule has 0 saturated heterocycles. The van der Waals surface area contributed by atoms with Gasteiger partial charge in [0, 0.05) is 23.5 Å². The molecule has 0 atom stereocenters. The molecular formula is C18H28N2. The maximum absolute atomic E-state index is 3.79. The van der Waals surface area contributed by atoms with Gasteiger partial charge < -0.3 is 10.6 Å². The molecule has 2 fully saturated rings. The Morgan fingerprint density at radius 1 is 0.900 bits per heavy atom. The summed E-state index contributed by atoms with van der Waals surface area (Å²) in [6.45, 7) is 2.25. The number of rotatable bonds is 5. The SMILES string of the molecule is CCc1ccc(NC2CCCC2)cc1NC1CCCC1. The zero-order valence-corrected chi connectivity index (χ0v) is 12.8. The topological polar surface area (TPSA) is 24.1 Å². The van der Waals surface area contributed by atoms with Crippen LogP contribution in [-0.2, 0) is 6.42 Å². The van der Waals surface area contributed by atoms with Gasteiger partial charge in [-0.15, -0.1) is 0 Å². The van der Waals surface area contributed by atoms with Gasteiger partial charge in [0.1, 0.15) is 0 Å². The summed E-state index contributed by atoms with van der Waals surface area (Å²) in [4.78, 5) is 0. The fraction of sp³-hybridized carbons (Fsp3) is 0.667. The first kappa shape index (κ1) is 13.8. The summed E-state index contributed by atoms with van der Waals surface area (Å²) in [7, 11) is 0. The average Bonchev–Trinajstić information content (AvgIpc) is 3.13. The van der Waals surface area contributed by atoms with Gasteiger partial charge in [-0.05, 0) is 49.8 Å². The van der Waals surface area contributed by atoms with Crippen molar-refractivity contribution in [1.82, 2.24) is 0 Å². The van der Waals surface area contributed by atoms with Crippen molar-refractivity contribution in [2.45, 2.75) is 76.8 Å². The van der Waals surface area contributed by atoms with E-state index < -0.39 is 0 Å². The molecule has 1 aromatic carbocycles. The van der Waals surface area contributed by atoms with E-state index >= 15 is 0 Å². The molecule has 2 nitrogen and oxygen atoms in total. The molecule has 0 amide bonds. The van der Waals surface area contributed by atoms with Gasteiger partial charge in [0.25, 0.3) is 0 Å². The highest BCUT2D eigenvalue weighted by atomic mass is 14.9. The van der Waals surface area contributed by atoms with Crippen LogP contribution in [0.3, 0.4) is 0 Å². The Bertz CT molecular complexity index is 429. The molecule has 110 valence electrons. The van der Waals surface area contributed by atoms with Crippen molar-refractivity contribution in [3.05, 3.63) is 23.8 Å². The van der Waals surface area contributed by atoms with Gasteiger partial charge >= 0.3 is 0 Å². The highest BCUT2D eigenvalue weighted by Gasteiger charge is 2.17. The summed E-state index contributed by atoms with van der Waals surface area (Å²) in [6, 6.07) is 8.30. The second kappa shape index (κ2) is 6.51. The lowest BCUT2D eigenvalue weighted by atomic mass is 10.1. The molecule has 2 N–H and O–H groups in total. The van der Waals surface area contributed by atoms with Gasteiger partial charge in [-0.2, -0.15) is 0 Å². The molecule has 0 bridgehead atoms. The lowest BCUT2D eigenvalue weighted by Crippen LogP contribution is -2.17. The van der Waals surface area contributed by atoms with Crippen LogP contribution in [0.15, 0.2) is 18.2 Å². The third kappa shape index (κ3) is 3.28. The molecule has 2 saturated carbocycles. The second-order valence-corrected chi connectivity index (χ2v) is 6.48. The van der Waals surface area contributed by atoms with E-state index in [0.29, 0.717) is 12.1 Å². The molecule has 0 aromatic heterocycles. The van der Waals surface area contributed by atoms with Gasteiger partial charge in [0.15, 0.2) is 0 Å². The monoisotopic (exact) mass is 272 g/mol. The van der Waals surface area contributed by atoms with E-state index in [0.717, 1.165) is 6.42 Å². The number of hydrogen-bond acceptors (Lipinski definition) is 2. The summed E-state index contributed by atoms with van der Waals surface area (Å²) in [5.74, 6) is 0. The van der Waals surface area contributed by atoms with Gasteiger partial charge in [-0.3, -0.25) is 0 Å². The van der Waals surface area contributed by atoms with Crippen LogP contribution in [-0.4, -0.2) is 12.1 Å². The fourth-order valence-electron chi connectivity index (χ4n) is 3.70. The molecular weight excluding hydrogens is 244 g/mol. The second-order valence-electron chi connectivity index (χ2n) is 6.48. The Labute approximate surface area is 123 Å². The van der Waals surface area contributed by atoms with Crippen molar-refractivity contribution in [2.75, 3.05) is 10.6 Å². The summed E-state index contributed by atoms with van der Waals surface area (Å²) in [5.41, 5.74) is 4.12. The third-order valence-electron chi connectivity index (χ3n) is 4.93. The molecule has 3 rings (SSSR count). The Hall–Kier alpha value is -1.18. The molecule has 2 heteroatoms. The first-order valence-electron chi connectivity index (χ1n) is 8.51. The minimum absolute atomic E-state index is 0.696.